The summed E-state index contributed by atoms with van der Waals surface area (Å²) >= 11 is 2.31. The molecule has 0 aliphatic heterocycles. The van der Waals surface area contributed by atoms with E-state index in [9.17, 15) is 9.59 Å². The Hall–Kier alpha value is -1.01. The van der Waals surface area contributed by atoms with Crippen molar-refractivity contribution in [2.24, 2.45) is 0 Å². The van der Waals surface area contributed by atoms with Crippen LogP contribution in [0.25, 0.3) is 0 Å². The standard InChI is InChI=1S/C4H5O4.C3H5.Co.O/c1-8-4(7)2-3(5)6;1-3-2;;/h1-2H2,(H,5,6);1H2,2H3;;/q2*-1;;. The van der Waals surface area contributed by atoms with Gasteiger partial charge in [-0.25, -0.2) is 0 Å². The quantitative estimate of drug-likeness (QED) is 0.430. The van der Waals surface area contributed by atoms with Crippen LogP contribution in [-0.4, -0.2) is 17.0 Å². The molecule has 0 amide bonds. The predicted molar refractivity (Wildman–Crippen MR) is 38.9 cm³/mol. The summed E-state index contributed by atoms with van der Waals surface area (Å²) in [5.74, 6) is -2.05. The average molecular weight is 233 g/mol. The molecule has 0 spiro atoms. The third-order valence-corrected chi connectivity index (χ3v) is 0.457. The Labute approximate surface area is 84.6 Å². The summed E-state index contributed by atoms with van der Waals surface area (Å²) < 4.78 is 11.7. The maximum atomic E-state index is 9.96. The molecule has 0 aliphatic carbocycles. The molecule has 0 aromatic heterocycles. The van der Waals surface area contributed by atoms with Crippen molar-refractivity contribution in [3.63, 3.8) is 0 Å². The second-order valence-electron chi connectivity index (χ2n) is 1.44. The first-order valence-electron chi connectivity index (χ1n) is 2.82. The summed E-state index contributed by atoms with van der Waals surface area (Å²) in [4.78, 5) is 19.6. The Kier molecular flexibility index (Phi) is 23.7. The van der Waals surface area contributed by atoms with E-state index in [0.29, 0.717) is 0 Å². The van der Waals surface area contributed by atoms with Crippen LogP contribution in [-0.2, 0) is 33.9 Å². The summed E-state index contributed by atoms with van der Waals surface area (Å²) in [5.41, 5.74) is 0. The number of hydrogen-bond donors (Lipinski definition) is 1. The summed E-state index contributed by atoms with van der Waals surface area (Å²) in [5, 5.41) is 7.89. The molecule has 0 aliphatic rings. The minimum atomic E-state index is -1.21. The van der Waals surface area contributed by atoms with Gasteiger partial charge in [-0.1, -0.05) is 0 Å². The molecule has 6 heteroatoms. The monoisotopic (exact) mass is 233 g/mol. The van der Waals surface area contributed by atoms with Gasteiger partial charge in [-0.2, -0.15) is 14.0 Å². The topological polar surface area (TPSA) is 80.7 Å². The van der Waals surface area contributed by atoms with E-state index in [1.54, 1.807) is 6.92 Å². The summed E-state index contributed by atoms with van der Waals surface area (Å²) in [6.45, 7) is 5.00. The van der Waals surface area contributed by atoms with Gasteiger partial charge in [-0.15, -0.1) is 0 Å². The van der Waals surface area contributed by atoms with Crippen LogP contribution in [0.2, 0.25) is 0 Å². The number of carbonyl (C=O) groups excluding carboxylic acids is 1. The van der Waals surface area contributed by atoms with Gasteiger partial charge >= 0.3 is 25.5 Å². The first kappa shape index (κ1) is 17.9. The third-order valence-electron chi connectivity index (χ3n) is 0.457. The molecule has 0 heterocycles. The molecular weight excluding hydrogens is 223 g/mol. The molecule has 0 saturated heterocycles. The molecule has 0 fully saturated rings. The van der Waals surface area contributed by atoms with Gasteiger partial charge in [0.2, 0.25) is 0 Å². The molecule has 0 rings (SSSR count). The molecular formula is C7H10CoO5-2. The summed E-state index contributed by atoms with van der Waals surface area (Å²) in [7, 11) is 2.73. The van der Waals surface area contributed by atoms with Gasteiger partial charge in [0.25, 0.3) is 5.97 Å². The van der Waals surface area contributed by atoms with Crippen molar-refractivity contribution in [1.82, 2.24) is 0 Å². The molecule has 0 radical (unpaired) electrons. The molecule has 0 unspecified atom stereocenters. The number of carbonyl (C=O) groups is 2. The number of hydrogen-bond acceptors (Lipinski definition) is 4. The second kappa shape index (κ2) is 17.2. The van der Waals surface area contributed by atoms with E-state index in [0.717, 1.165) is 0 Å². The normalized spacial score (nSPS) is 6.38. The number of allylic oxidation sites excluding steroid dienone is 1. The molecule has 0 saturated carbocycles. The van der Waals surface area contributed by atoms with Gasteiger partial charge in [-0.3, -0.25) is 16.2 Å². The zero-order chi connectivity index (χ0) is 11.3. The Morgan fingerprint density at radius 1 is 1.62 bits per heavy atom. The SMILES string of the molecule is C=[C-]C.[CH2-]OC(=O)CC(=O)O.[O]=[Co]. The van der Waals surface area contributed by atoms with Crippen molar-refractivity contribution in [2.45, 2.75) is 13.3 Å². The van der Waals surface area contributed by atoms with Crippen molar-refractivity contribution >= 4 is 11.9 Å². The Balaban J connectivity index is -0.000000169. The van der Waals surface area contributed by atoms with Gasteiger partial charge in [0.15, 0.2) is 0 Å². The Morgan fingerprint density at radius 2 is 1.92 bits per heavy atom. The van der Waals surface area contributed by atoms with Gasteiger partial charge in [0.05, 0.1) is 0 Å². The van der Waals surface area contributed by atoms with Crippen molar-refractivity contribution < 1.29 is 39.0 Å². The number of rotatable bonds is 2. The zero-order valence-corrected chi connectivity index (χ0v) is 8.08. The van der Waals surface area contributed by atoms with Crippen LogP contribution < -0.4 is 0 Å². The predicted octanol–water partition coefficient (Wildman–Crippen LogP) is 0.670. The molecule has 0 bridgehead atoms. The molecule has 0 aromatic carbocycles. The van der Waals surface area contributed by atoms with E-state index in [2.05, 4.69) is 40.2 Å². The zero-order valence-electron chi connectivity index (χ0n) is 7.03. The Morgan fingerprint density at radius 3 is 2.00 bits per heavy atom. The van der Waals surface area contributed by atoms with Crippen LogP contribution in [0.5, 0.6) is 0 Å². The van der Waals surface area contributed by atoms with E-state index in [1.807, 2.05) is 0 Å². The summed E-state index contributed by atoms with van der Waals surface area (Å²) in [6, 6.07) is 0. The van der Waals surface area contributed by atoms with Crippen LogP contribution in [0, 0.1) is 13.2 Å². The summed E-state index contributed by atoms with van der Waals surface area (Å²) in [6.07, 6.45) is 1.88. The van der Waals surface area contributed by atoms with Crippen LogP contribution in [0.1, 0.15) is 13.3 Å². The fraction of sp³-hybridized carbons (Fsp3) is 0.286. The van der Waals surface area contributed by atoms with Crippen molar-refractivity contribution in [2.75, 3.05) is 0 Å². The first-order valence-corrected chi connectivity index (χ1v) is 3.25. The number of aliphatic carboxylic acids is 1. The molecule has 1 N–H and O–H groups in total. The van der Waals surface area contributed by atoms with Crippen molar-refractivity contribution in [3.05, 3.63) is 19.8 Å². The fourth-order valence-electron chi connectivity index (χ4n) is 0.175. The van der Waals surface area contributed by atoms with Gasteiger partial charge in [0, 0.05) is 0 Å². The van der Waals surface area contributed by atoms with E-state index >= 15 is 0 Å². The first-order chi connectivity index (χ1) is 6.08. The molecule has 79 valence electrons. The number of esters is 1. The number of ether oxygens (including phenoxy) is 1. The molecule has 0 atom stereocenters. The average Bonchev–Trinajstić information content (AvgIpc) is 2.08. The van der Waals surface area contributed by atoms with Crippen molar-refractivity contribution in [3.8, 4) is 0 Å². The van der Waals surface area contributed by atoms with Crippen LogP contribution >= 0.6 is 0 Å². The van der Waals surface area contributed by atoms with E-state index in [1.165, 1.54) is 0 Å². The number of carboxylic acids is 1. The van der Waals surface area contributed by atoms with Crippen LogP contribution in [0.4, 0.5) is 0 Å². The fourth-order valence-corrected chi connectivity index (χ4v) is 0.175. The second-order valence-corrected chi connectivity index (χ2v) is 1.44. The van der Waals surface area contributed by atoms with Crippen molar-refractivity contribution in [1.29, 1.82) is 0 Å². The number of carboxylic acid groups (broad SMARTS) is 1. The van der Waals surface area contributed by atoms with E-state index in [4.69, 9.17) is 8.97 Å². The Bertz CT molecular complexity index is 157. The minimum absolute atomic E-state index is 0.622. The molecule has 0 aromatic rings. The van der Waals surface area contributed by atoms with Gasteiger partial charge < -0.3 is 15.9 Å². The van der Waals surface area contributed by atoms with Crippen LogP contribution in [0.15, 0.2) is 6.58 Å². The van der Waals surface area contributed by atoms with Gasteiger partial charge in [-0.05, 0) is 0 Å². The van der Waals surface area contributed by atoms with E-state index < -0.39 is 18.4 Å². The molecule has 13 heavy (non-hydrogen) atoms. The maximum absolute atomic E-state index is 9.96. The van der Waals surface area contributed by atoms with Gasteiger partial charge in [0.1, 0.15) is 6.42 Å². The van der Waals surface area contributed by atoms with E-state index in [-0.39, 0.29) is 0 Å². The van der Waals surface area contributed by atoms with Crippen LogP contribution in [0.3, 0.4) is 0 Å². The third kappa shape index (κ3) is 35.7. The molecule has 5 nitrogen and oxygen atoms in total.